The second-order valence-corrected chi connectivity index (χ2v) is 27.5. The van der Waals surface area contributed by atoms with Gasteiger partial charge in [0, 0.05) is 0 Å². The van der Waals surface area contributed by atoms with Gasteiger partial charge >= 0.3 is 43.1 Å². The maximum atomic E-state index is 2.40. The van der Waals surface area contributed by atoms with Crippen LogP contribution in [0.25, 0.3) is 11.1 Å². The SMILES string of the molecule is CCC1C=C2C(=CC=CC=C2c2ccccc2)[CH-]1.CCC1C=C2C(=CC=CC=C2c2ccccc2)[CH-]1.[CH3][Ge]([CH3])=[Zr+2].[Cl-].[Cl-]. The molecular weight excluding hydrogens is 691 g/mol. The van der Waals surface area contributed by atoms with Gasteiger partial charge in [0.1, 0.15) is 0 Å². The summed E-state index contributed by atoms with van der Waals surface area (Å²) in [6.45, 7) is 4.48. The summed E-state index contributed by atoms with van der Waals surface area (Å²) in [6, 6.07) is 21.3. The average Bonchev–Trinajstić information content (AvgIpc) is 3.45. The number of hydrogen-bond donors (Lipinski definition) is 0. The molecule has 0 aromatic heterocycles. The Morgan fingerprint density at radius 3 is 1.24 bits per heavy atom. The molecule has 4 aliphatic carbocycles. The van der Waals surface area contributed by atoms with Crippen molar-refractivity contribution < 1.29 is 46.4 Å². The summed E-state index contributed by atoms with van der Waals surface area (Å²) in [5, 5.41) is 0. The summed E-state index contributed by atoms with van der Waals surface area (Å²) in [7, 11) is -0.243. The van der Waals surface area contributed by atoms with E-state index in [1.54, 1.807) is 21.6 Å². The van der Waals surface area contributed by atoms with E-state index < -0.39 is 0 Å². The summed E-state index contributed by atoms with van der Waals surface area (Å²) in [4.78, 5) is 0. The van der Waals surface area contributed by atoms with Crippen molar-refractivity contribution in [1.82, 2.24) is 0 Å². The minimum Gasteiger partial charge on any atom is -1.00 e. The van der Waals surface area contributed by atoms with Gasteiger partial charge in [0.25, 0.3) is 0 Å². The van der Waals surface area contributed by atoms with Gasteiger partial charge in [-0.15, -0.1) is 35.5 Å². The Morgan fingerprint density at radius 1 is 0.571 bits per heavy atom. The van der Waals surface area contributed by atoms with Crippen LogP contribution >= 0.6 is 0 Å². The van der Waals surface area contributed by atoms with Crippen molar-refractivity contribution in [2.24, 2.45) is 11.8 Å². The molecule has 0 radical (unpaired) electrons. The number of allylic oxidation sites excluding steroid dienone is 16. The number of hydrogen-bond acceptors (Lipinski definition) is 0. The normalized spacial score (nSPS) is 19.0. The van der Waals surface area contributed by atoms with Gasteiger partial charge in [0.15, 0.2) is 0 Å². The monoisotopic (exact) mass is 730 g/mol. The van der Waals surface area contributed by atoms with Gasteiger partial charge in [0.2, 0.25) is 0 Å². The molecule has 2 aromatic rings. The van der Waals surface area contributed by atoms with Gasteiger partial charge in [0.05, 0.1) is 0 Å². The van der Waals surface area contributed by atoms with Crippen LogP contribution in [0.2, 0.25) is 11.5 Å². The van der Waals surface area contributed by atoms with Crippen molar-refractivity contribution in [1.29, 1.82) is 0 Å². The van der Waals surface area contributed by atoms with Crippen LogP contribution in [0.5, 0.6) is 0 Å². The molecule has 0 saturated heterocycles. The van der Waals surface area contributed by atoms with Gasteiger partial charge in [-0.25, -0.2) is 0 Å². The molecule has 216 valence electrons. The molecule has 2 unspecified atom stereocenters. The standard InChI is InChI=1S/2C18H17.C2H6Ge.2ClH.Zr/c2*1-2-14-12-16-10-6-7-11-17(18(16)13-14)15-8-4-3-5-9-15;1-3-2;;;/h2*3-14H,2H2,1H3;1-2H3;2*1H;/q2*-1;;;;+2/p-2. The fourth-order valence-corrected chi connectivity index (χ4v) is 5.15. The number of benzene rings is 2. The van der Waals surface area contributed by atoms with Crippen molar-refractivity contribution in [3.8, 4) is 0 Å². The van der Waals surface area contributed by atoms with Crippen molar-refractivity contribution in [2.75, 3.05) is 0 Å². The Labute approximate surface area is 283 Å². The summed E-state index contributed by atoms with van der Waals surface area (Å²) in [6.07, 6.45) is 29.3. The van der Waals surface area contributed by atoms with Crippen molar-refractivity contribution >= 4 is 21.1 Å². The van der Waals surface area contributed by atoms with Crippen molar-refractivity contribution in [3.63, 3.8) is 0 Å². The molecular formula is C38H40Cl2GeZr-2. The van der Waals surface area contributed by atoms with Crippen LogP contribution < -0.4 is 24.8 Å². The van der Waals surface area contributed by atoms with Gasteiger partial charge in [-0.05, 0) is 11.1 Å². The van der Waals surface area contributed by atoms with Gasteiger partial charge in [-0.1, -0.05) is 135 Å². The predicted octanol–water partition coefficient (Wildman–Crippen LogP) is 4.27. The first-order chi connectivity index (χ1) is 19.5. The molecule has 2 atom stereocenters. The van der Waals surface area contributed by atoms with E-state index in [0.717, 1.165) is 0 Å². The topological polar surface area (TPSA) is 0 Å². The van der Waals surface area contributed by atoms with E-state index in [1.807, 2.05) is 0 Å². The number of rotatable bonds is 4. The quantitative estimate of drug-likeness (QED) is 0.326. The molecule has 4 aliphatic rings. The molecule has 0 fully saturated rings. The molecule has 42 heavy (non-hydrogen) atoms. The Kier molecular flexibility index (Phi) is 16.2. The third-order valence-electron chi connectivity index (χ3n) is 7.16. The molecule has 0 bridgehead atoms. The molecule has 0 aliphatic heterocycles. The Morgan fingerprint density at radius 2 is 0.905 bits per heavy atom. The van der Waals surface area contributed by atoms with Crippen LogP contribution in [-0.2, 0) is 21.6 Å². The molecule has 0 nitrogen and oxygen atoms in total. The predicted molar refractivity (Wildman–Crippen MR) is 173 cm³/mol. The fourth-order valence-electron chi connectivity index (χ4n) is 5.15. The van der Waals surface area contributed by atoms with E-state index in [4.69, 9.17) is 0 Å². The largest absolute Gasteiger partial charge is 1.00 e. The Hall–Kier alpha value is -1.89. The summed E-state index contributed by atoms with van der Waals surface area (Å²) >= 11 is 1.80. The third-order valence-corrected chi connectivity index (χ3v) is 7.16. The van der Waals surface area contributed by atoms with Crippen molar-refractivity contribution in [2.45, 2.75) is 38.2 Å². The summed E-state index contributed by atoms with van der Waals surface area (Å²) < 4.78 is 0. The van der Waals surface area contributed by atoms with Gasteiger partial charge in [-0.2, -0.15) is 36.1 Å². The Balaban J connectivity index is 0.000000250. The van der Waals surface area contributed by atoms with E-state index in [2.05, 4.69) is 160 Å². The zero-order valence-electron chi connectivity index (χ0n) is 25.0. The van der Waals surface area contributed by atoms with E-state index in [-0.39, 0.29) is 34.8 Å². The molecule has 0 N–H and O–H groups in total. The third kappa shape index (κ3) is 10.1. The molecule has 0 spiro atoms. The maximum Gasteiger partial charge on any atom is -1.00 e. The van der Waals surface area contributed by atoms with E-state index in [0.29, 0.717) is 11.8 Å². The van der Waals surface area contributed by atoms with E-state index in [9.17, 15) is 0 Å². The minimum atomic E-state index is -0.243. The first-order valence-corrected chi connectivity index (χ1v) is 26.1. The molecule has 0 saturated carbocycles. The summed E-state index contributed by atoms with van der Waals surface area (Å²) in [5.74, 6) is 5.92. The minimum absolute atomic E-state index is 0. The van der Waals surface area contributed by atoms with Crippen LogP contribution in [0, 0.1) is 24.7 Å². The van der Waals surface area contributed by atoms with Crippen LogP contribution in [0.15, 0.2) is 144 Å². The molecule has 6 rings (SSSR count). The molecule has 0 heterocycles. The fraction of sp³-hybridized carbons (Fsp3) is 0.211. The van der Waals surface area contributed by atoms with Crippen LogP contribution in [0.3, 0.4) is 0 Å². The number of fused-ring (bicyclic) bond motifs is 2. The second-order valence-electron chi connectivity index (χ2n) is 10.5. The molecule has 2 aromatic carbocycles. The van der Waals surface area contributed by atoms with Crippen LogP contribution in [-0.4, -0.2) is 9.98 Å². The van der Waals surface area contributed by atoms with E-state index in [1.165, 1.54) is 57.4 Å². The van der Waals surface area contributed by atoms with Gasteiger partial charge in [-0.3, -0.25) is 0 Å². The zero-order valence-corrected chi connectivity index (χ0v) is 31.1. The Bertz CT molecular complexity index is 1330. The smallest absolute Gasteiger partial charge is 1.00 e. The van der Waals surface area contributed by atoms with Gasteiger partial charge < -0.3 is 24.8 Å². The first-order valence-electron chi connectivity index (χ1n) is 14.4. The zero-order chi connectivity index (χ0) is 28.3. The van der Waals surface area contributed by atoms with Crippen LogP contribution in [0.4, 0.5) is 0 Å². The van der Waals surface area contributed by atoms with Crippen molar-refractivity contribution in [3.05, 3.63) is 168 Å². The van der Waals surface area contributed by atoms with E-state index >= 15 is 0 Å². The molecule has 0 amide bonds. The number of halogens is 2. The average molecular weight is 731 g/mol. The molecule has 4 heteroatoms. The maximum absolute atomic E-state index is 2.40. The summed E-state index contributed by atoms with van der Waals surface area (Å²) in [5.41, 5.74) is 10.8. The first kappa shape index (κ1) is 36.3. The van der Waals surface area contributed by atoms with Crippen LogP contribution in [0.1, 0.15) is 37.8 Å². The second kappa shape index (κ2) is 18.7.